The monoisotopic (exact) mass is 265 g/mol. The minimum atomic E-state index is -1.08. The Labute approximate surface area is 109 Å². The molecule has 19 heavy (non-hydrogen) atoms. The smallest absolute Gasteiger partial charge is 0.358 e. The third-order valence-electron chi connectivity index (χ3n) is 2.62. The van der Waals surface area contributed by atoms with Crippen LogP contribution in [0.2, 0.25) is 0 Å². The lowest BCUT2D eigenvalue weighted by Gasteiger charge is -2.01. The van der Waals surface area contributed by atoms with Gasteiger partial charge in [0.25, 0.3) is 0 Å². The van der Waals surface area contributed by atoms with E-state index < -0.39 is 5.97 Å². The molecule has 2 rings (SSSR count). The van der Waals surface area contributed by atoms with Gasteiger partial charge >= 0.3 is 5.97 Å². The molecule has 8 nitrogen and oxygen atoms in total. The van der Waals surface area contributed by atoms with Crippen molar-refractivity contribution in [1.82, 2.24) is 25.3 Å². The predicted octanol–water partition coefficient (Wildman–Crippen LogP) is 0.371. The van der Waals surface area contributed by atoms with Crippen LogP contribution < -0.4 is 5.32 Å². The highest BCUT2D eigenvalue weighted by Crippen LogP contribution is 2.07. The number of nitrogens with zero attached hydrogens (tertiary/aromatic N) is 4. The van der Waals surface area contributed by atoms with Crippen LogP contribution in [-0.4, -0.2) is 37.6 Å². The summed E-state index contributed by atoms with van der Waals surface area (Å²) in [5.41, 5.74) is 0.832. The molecule has 0 aromatic carbocycles. The Balaban J connectivity index is 1.75. The number of carbonyl (C=O) groups is 1. The highest BCUT2D eigenvalue weighted by Gasteiger charge is 2.08. The Morgan fingerprint density at radius 2 is 2.32 bits per heavy atom. The fourth-order valence-corrected chi connectivity index (χ4v) is 1.51. The maximum Gasteiger partial charge on any atom is 0.358 e. The fourth-order valence-electron chi connectivity index (χ4n) is 1.51. The second-order valence-corrected chi connectivity index (χ2v) is 4.10. The van der Waals surface area contributed by atoms with Gasteiger partial charge in [-0.05, 0) is 13.8 Å². The number of aromatic carboxylic acids is 1. The fraction of sp³-hybridized carbons (Fsp3) is 0.455. The van der Waals surface area contributed by atoms with E-state index in [2.05, 4.69) is 20.6 Å². The Kier molecular flexibility index (Phi) is 3.91. The molecule has 0 fully saturated rings. The van der Waals surface area contributed by atoms with E-state index in [1.54, 1.807) is 0 Å². The minimum absolute atomic E-state index is 0.0565. The molecular formula is C11H15N5O3. The van der Waals surface area contributed by atoms with Crippen molar-refractivity contribution in [1.29, 1.82) is 0 Å². The van der Waals surface area contributed by atoms with Gasteiger partial charge in [0, 0.05) is 6.54 Å². The van der Waals surface area contributed by atoms with Crippen molar-refractivity contribution in [3.8, 4) is 0 Å². The first kappa shape index (κ1) is 13.2. The molecule has 0 aliphatic heterocycles. The number of rotatable bonds is 6. The third-order valence-corrected chi connectivity index (χ3v) is 2.62. The first-order valence-electron chi connectivity index (χ1n) is 5.83. The van der Waals surface area contributed by atoms with Crippen LogP contribution in [0.15, 0.2) is 10.6 Å². The Hall–Kier alpha value is -2.22. The SMILES string of the molecule is Cc1nc(CNCCn2cc(C(=O)O)nn2)oc1C. The molecular weight excluding hydrogens is 250 g/mol. The van der Waals surface area contributed by atoms with Crippen LogP contribution in [0.4, 0.5) is 0 Å². The summed E-state index contributed by atoms with van der Waals surface area (Å²) >= 11 is 0. The standard InChI is InChI=1S/C11H15N5O3/c1-7-8(2)19-10(13-7)5-12-3-4-16-6-9(11(17)18)14-15-16/h6,12H,3-5H2,1-2H3,(H,17,18). The van der Waals surface area contributed by atoms with Crippen LogP contribution in [0.5, 0.6) is 0 Å². The van der Waals surface area contributed by atoms with E-state index in [-0.39, 0.29) is 5.69 Å². The number of aryl methyl sites for hydroxylation is 2. The molecule has 2 heterocycles. The van der Waals surface area contributed by atoms with Crippen LogP contribution in [0, 0.1) is 13.8 Å². The van der Waals surface area contributed by atoms with E-state index in [1.165, 1.54) is 10.9 Å². The lowest BCUT2D eigenvalue weighted by molar-refractivity contribution is 0.0690. The van der Waals surface area contributed by atoms with Gasteiger partial charge in [0.1, 0.15) is 5.76 Å². The average Bonchev–Trinajstić information content (AvgIpc) is 2.93. The summed E-state index contributed by atoms with van der Waals surface area (Å²) < 4.78 is 6.89. The first-order chi connectivity index (χ1) is 9.06. The van der Waals surface area contributed by atoms with Crippen LogP contribution in [0.3, 0.4) is 0 Å². The molecule has 0 saturated heterocycles. The van der Waals surface area contributed by atoms with Crippen molar-refractivity contribution < 1.29 is 14.3 Å². The van der Waals surface area contributed by atoms with E-state index in [0.29, 0.717) is 25.5 Å². The number of nitrogens with one attached hydrogen (secondary N) is 1. The van der Waals surface area contributed by atoms with Gasteiger partial charge in [-0.1, -0.05) is 5.21 Å². The zero-order chi connectivity index (χ0) is 13.8. The molecule has 2 aromatic rings. The topological polar surface area (TPSA) is 106 Å². The number of hydrogen-bond acceptors (Lipinski definition) is 6. The third kappa shape index (κ3) is 3.38. The van der Waals surface area contributed by atoms with Gasteiger partial charge in [0.05, 0.1) is 25.0 Å². The quantitative estimate of drug-likeness (QED) is 0.727. The molecule has 0 spiro atoms. The summed E-state index contributed by atoms with van der Waals surface area (Å²) in [6, 6.07) is 0. The summed E-state index contributed by atoms with van der Waals surface area (Å²) in [5.74, 6) is 0.379. The van der Waals surface area contributed by atoms with E-state index in [1.807, 2.05) is 13.8 Å². The molecule has 0 amide bonds. The van der Waals surface area contributed by atoms with E-state index in [0.717, 1.165) is 11.5 Å². The molecule has 2 N–H and O–H groups in total. The van der Waals surface area contributed by atoms with Crippen molar-refractivity contribution in [3.05, 3.63) is 29.2 Å². The first-order valence-corrected chi connectivity index (χ1v) is 5.83. The van der Waals surface area contributed by atoms with Crippen molar-refractivity contribution >= 4 is 5.97 Å². The van der Waals surface area contributed by atoms with E-state index in [9.17, 15) is 4.79 Å². The van der Waals surface area contributed by atoms with Crippen LogP contribution in [0.25, 0.3) is 0 Å². The summed E-state index contributed by atoms with van der Waals surface area (Å²) in [7, 11) is 0. The number of hydrogen-bond donors (Lipinski definition) is 2. The maximum absolute atomic E-state index is 10.6. The van der Waals surface area contributed by atoms with Crippen molar-refractivity contribution in [2.24, 2.45) is 0 Å². The van der Waals surface area contributed by atoms with Gasteiger partial charge in [-0.3, -0.25) is 4.68 Å². The largest absolute Gasteiger partial charge is 0.476 e. The van der Waals surface area contributed by atoms with Gasteiger partial charge < -0.3 is 14.8 Å². The molecule has 102 valence electrons. The minimum Gasteiger partial charge on any atom is -0.476 e. The maximum atomic E-state index is 10.6. The molecule has 8 heteroatoms. The molecule has 0 aliphatic carbocycles. The molecule has 0 bridgehead atoms. The number of oxazole rings is 1. The molecule has 0 unspecified atom stereocenters. The number of carboxylic acids is 1. The Morgan fingerprint density at radius 3 is 2.89 bits per heavy atom. The summed E-state index contributed by atoms with van der Waals surface area (Å²) in [5, 5.41) is 19.1. The molecule has 0 aliphatic rings. The van der Waals surface area contributed by atoms with Crippen molar-refractivity contribution in [3.63, 3.8) is 0 Å². The molecule has 0 saturated carbocycles. The Morgan fingerprint density at radius 1 is 1.53 bits per heavy atom. The van der Waals surface area contributed by atoms with E-state index >= 15 is 0 Å². The van der Waals surface area contributed by atoms with Gasteiger partial charge in [-0.25, -0.2) is 9.78 Å². The lowest BCUT2D eigenvalue weighted by Crippen LogP contribution is -2.20. The number of aromatic nitrogens is 4. The van der Waals surface area contributed by atoms with Gasteiger partial charge in [0.2, 0.25) is 5.89 Å². The van der Waals surface area contributed by atoms with Crippen molar-refractivity contribution in [2.75, 3.05) is 6.54 Å². The van der Waals surface area contributed by atoms with E-state index in [4.69, 9.17) is 9.52 Å². The normalized spacial score (nSPS) is 10.8. The molecule has 2 aromatic heterocycles. The Bertz CT molecular complexity index is 555. The van der Waals surface area contributed by atoms with Crippen LogP contribution in [0.1, 0.15) is 27.8 Å². The number of carboxylic acid groups (broad SMARTS) is 1. The zero-order valence-corrected chi connectivity index (χ0v) is 10.8. The summed E-state index contributed by atoms with van der Waals surface area (Å²) in [6.07, 6.45) is 1.39. The highest BCUT2D eigenvalue weighted by atomic mass is 16.4. The van der Waals surface area contributed by atoms with Gasteiger partial charge in [0.15, 0.2) is 5.69 Å². The van der Waals surface area contributed by atoms with Crippen LogP contribution in [-0.2, 0) is 13.1 Å². The summed E-state index contributed by atoms with van der Waals surface area (Å²) in [6.45, 7) is 5.43. The zero-order valence-electron chi connectivity index (χ0n) is 10.8. The second-order valence-electron chi connectivity index (χ2n) is 4.10. The lowest BCUT2D eigenvalue weighted by atomic mass is 10.4. The molecule has 0 atom stereocenters. The average molecular weight is 265 g/mol. The van der Waals surface area contributed by atoms with Gasteiger partial charge in [-0.15, -0.1) is 5.10 Å². The predicted molar refractivity (Wildman–Crippen MR) is 64.7 cm³/mol. The van der Waals surface area contributed by atoms with Crippen LogP contribution >= 0.6 is 0 Å². The highest BCUT2D eigenvalue weighted by molar-refractivity contribution is 5.84. The second kappa shape index (κ2) is 5.61. The molecule has 0 radical (unpaired) electrons. The summed E-state index contributed by atoms with van der Waals surface area (Å²) in [4.78, 5) is 14.9. The van der Waals surface area contributed by atoms with Crippen molar-refractivity contribution in [2.45, 2.75) is 26.9 Å². The van der Waals surface area contributed by atoms with Gasteiger partial charge in [-0.2, -0.15) is 0 Å².